The van der Waals surface area contributed by atoms with E-state index in [0.29, 0.717) is 23.4 Å². The van der Waals surface area contributed by atoms with Gasteiger partial charge in [-0.3, -0.25) is 4.79 Å². The molecule has 3 heterocycles. The second-order valence-corrected chi connectivity index (χ2v) is 9.84. The lowest BCUT2D eigenvalue weighted by atomic mass is 9.98. The molecule has 3 aromatic heterocycles. The van der Waals surface area contributed by atoms with Crippen LogP contribution < -0.4 is 5.56 Å². The van der Waals surface area contributed by atoms with E-state index in [1.807, 2.05) is 0 Å². The van der Waals surface area contributed by atoms with Crippen molar-refractivity contribution in [3.63, 3.8) is 0 Å². The molecule has 0 radical (unpaired) electrons. The number of thioether (sulfide) groups is 1. The molecule has 0 saturated heterocycles. The molecule has 150 valence electrons. The Morgan fingerprint density at radius 3 is 2.79 bits per heavy atom. The van der Waals surface area contributed by atoms with Crippen molar-refractivity contribution in [2.45, 2.75) is 76.8 Å². The van der Waals surface area contributed by atoms with E-state index in [4.69, 9.17) is 4.98 Å². The normalized spacial score (nSPS) is 15.4. The van der Waals surface area contributed by atoms with Crippen molar-refractivity contribution in [2.75, 3.05) is 0 Å². The van der Waals surface area contributed by atoms with Crippen molar-refractivity contribution in [2.24, 2.45) is 5.92 Å². The quantitative estimate of drug-likeness (QED) is 0.539. The minimum Gasteiger partial charge on any atom is -0.309 e. The van der Waals surface area contributed by atoms with Gasteiger partial charge in [-0.2, -0.15) is 0 Å². The number of hydrogen-bond acceptors (Lipinski definition) is 6. The Hall–Kier alpha value is -1.67. The number of aryl methyl sites for hydroxylation is 1. The van der Waals surface area contributed by atoms with Gasteiger partial charge in [0, 0.05) is 17.3 Å². The Kier molecular flexibility index (Phi) is 5.60. The van der Waals surface area contributed by atoms with Crippen LogP contribution in [0.2, 0.25) is 0 Å². The van der Waals surface area contributed by atoms with Crippen molar-refractivity contribution in [1.82, 2.24) is 24.7 Å². The largest absolute Gasteiger partial charge is 0.309 e. The Labute approximate surface area is 173 Å². The van der Waals surface area contributed by atoms with E-state index < -0.39 is 0 Å². The average molecular weight is 418 g/mol. The molecular weight excluding hydrogens is 390 g/mol. The summed E-state index contributed by atoms with van der Waals surface area (Å²) in [6, 6.07) is 0. The minimum absolute atomic E-state index is 0.0149. The maximum atomic E-state index is 12.8. The van der Waals surface area contributed by atoms with Crippen LogP contribution in [-0.2, 0) is 18.7 Å². The van der Waals surface area contributed by atoms with Crippen molar-refractivity contribution in [3.8, 4) is 0 Å². The van der Waals surface area contributed by atoms with Gasteiger partial charge in [0.1, 0.15) is 16.5 Å². The van der Waals surface area contributed by atoms with Crippen LogP contribution in [0.25, 0.3) is 10.2 Å². The molecule has 0 bridgehead atoms. The first-order valence-electron chi connectivity index (χ1n) is 10.1. The molecule has 1 saturated carbocycles. The first-order valence-corrected chi connectivity index (χ1v) is 11.9. The third-order valence-corrected chi connectivity index (χ3v) is 7.52. The summed E-state index contributed by atoms with van der Waals surface area (Å²) < 4.78 is 2.19. The summed E-state index contributed by atoms with van der Waals surface area (Å²) >= 11 is 3.23. The number of nitrogens with one attached hydrogen (secondary N) is 1. The van der Waals surface area contributed by atoms with Crippen LogP contribution in [0.1, 0.15) is 68.0 Å². The van der Waals surface area contributed by atoms with Gasteiger partial charge in [-0.05, 0) is 44.6 Å². The molecule has 3 aromatic rings. The predicted octanol–water partition coefficient (Wildman–Crippen LogP) is 4.66. The monoisotopic (exact) mass is 417 g/mol. The maximum absolute atomic E-state index is 12.8. The second-order valence-electron chi connectivity index (χ2n) is 7.70. The van der Waals surface area contributed by atoms with E-state index in [0.717, 1.165) is 40.6 Å². The Morgan fingerprint density at radius 2 is 2.11 bits per heavy atom. The molecule has 4 rings (SSSR count). The van der Waals surface area contributed by atoms with Crippen molar-refractivity contribution in [1.29, 1.82) is 0 Å². The van der Waals surface area contributed by atoms with Crippen LogP contribution in [0.4, 0.5) is 0 Å². The summed E-state index contributed by atoms with van der Waals surface area (Å²) in [7, 11) is 0. The summed E-state index contributed by atoms with van der Waals surface area (Å²) in [5.41, 5.74) is 1.15. The number of nitrogens with zero attached hydrogens (tertiary/aromatic N) is 4. The van der Waals surface area contributed by atoms with Gasteiger partial charge in [-0.1, -0.05) is 32.0 Å². The molecule has 0 unspecified atom stereocenters. The topological polar surface area (TPSA) is 76.5 Å². The standard InChI is InChI=1S/C20H27N5OS2/c1-5-11(3)9-14-12(4)28-19-16(14)18(26)21-15(22-19)10-27-20-24-23-17(13-7-8-13)25(20)6-2/h11,13H,5-10H2,1-4H3,(H,21,22,26)/t11-/m1/s1. The molecular formula is C20H27N5OS2. The zero-order chi connectivity index (χ0) is 19.8. The van der Waals surface area contributed by atoms with Crippen LogP contribution in [0.3, 0.4) is 0 Å². The smallest absolute Gasteiger partial charge is 0.259 e. The highest BCUT2D eigenvalue weighted by molar-refractivity contribution is 7.98. The Balaban J connectivity index is 1.58. The van der Waals surface area contributed by atoms with Gasteiger partial charge in [0.15, 0.2) is 5.16 Å². The SMILES string of the molecule is CC[C@@H](C)Cc1c(C)sc2nc(CSc3nnc(C4CC4)n3CC)[nH]c(=O)c12. The Morgan fingerprint density at radius 1 is 1.32 bits per heavy atom. The number of fused-ring (bicyclic) bond motifs is 1. The number of aromatic amines is 1. The number of H-pyrrole nitrogens is 1. The number of hydrogen-bond donors (Lipinski definition) is 1. The van der Waals surface area contributed by atoms with Crippen LogP contribution in [0, 0.1) is 12.8 Å². The minimum atomic E-state index is -0.0149. The lowest BCUT2D eigenvalue weighted by molar-refractivity contribution is 0.561. The molecule has 0 spiro atoms. The first kappa shape index (κ1) is 19.6. The van der Waals surface area contributed by atoms with Gasteiger partial charge in [0.25, 0.3) is 5.56 Å². The molecule has 8 heteroatoms. The van der Waals surface area contributed by atoms with E-state index in [2.05, 4.69) is 47.4 Å². The zero-order valence-electron chi connectivity index (χ0n) is 16.9. The third-order valence-electron chi connectivity index (χ3n) is 5.50. The summed E-state index contributed by atoms with van der Waals surface area (Å²) in [6.45, 7) is 9.51. The molecule has 0 amide bonds. The first-order chi connectivity index (χ1) is 13.5. The molecule has 0 aliphatic heterocycles. The van der Waals surface area contributed by atoms with E-state index in [1.165, 1.54) is 23.3 Å². The highest BCUT2D eigenvalue weighted by Crippen LogP contribution is 2.40. The van der Waals surface area contributed by atoms with Gasteiger partial charge in [0.05, 0.1) is 11.1 Å². The number of rotatable bonds is 8. The molecule has 6 nitrogen and oxygen atoms in total. The van der Waals surface area contributed by atoms with Crippen LogP contribution in [0.5, 0.6) is 0 Å². The van der Waals surface area contributed by atoms with E-state index >= 15 is 0 Å². The van der Waals surface area contributed by atoms with E-state index in [-0.39, 0.29) is 5.56 Å². The van der Waals surface area contributed by atoms with Crippen LogP contribution in [0.15, 0.2) is 9.95 Å². The van der Waals surface area contributed by atoms with Gasteiger partial charge in [0.2, 0.25) is 0 Å². The highest BCUT2D eigenvalue weighted by atomic mass is 32.2. The fourth-order valence-corrected chi connectivity index (χ4v) is 5.46. The molecule has 1 atom stereocenters. The fourth-order valence-electron chi connectivity index (χ4n) is 3.51. The summed E-state index contributed by atoms with van der Waals surface area (Å²) in [5, 5.41) is 10.4. The second kappa shape index (κ2) is 7.99. The molecule has 1 N–H and O–H groups in total. The van der Waals surface area contributed by atoms with Gasteiger partial charge >= 0.3 is 0 Å². The van der Waals surface area contributed by atoms with Crippen LogP contribution in [-0.4, -0.2) is 24.7 Å². The Bertz CT molecular complexity index is 1050. The predicted molar refractivity (Wildman–Crippen MR) is 115 cm³/mol. The molecule has 1 fully saturated rings. The lowest BCUT2D eigenvalue weighted by Gasteiger charge is -2.08. The van der Waals surface area contributed by atoms with Crippen molar-refractivity contribution in [3.05, 3.63) is 32.4 Å². The summed E-state index contributed by atoms with van der Waals surface area (Å²) in [6.07, 6.45) is 4.47. The van der Waals surface area contributed by atoms with Crippen molar-refractivity contribution >= 4 is 33.3 Å². The van der Waals surface area contributed by atoms with Gasteiger partial charge in [-0.15, -0.1) is 21.5 Å². The van der Waals surface area contributed by atoms with E-state index in [9.17, 15) is 4.79 Å². The van der Waals surface area contributed by atoms with E-state index in [1.54, 1.807) is 23.1 Å². The fraction of sp³-hybridized carbons (Fsp3) is 0.600. The van der Waals surface area contributed by atoms with Gasteiger partial charge in [-0.25, -0.2) is 4.98 Å². The molecule has 28 heavy (non-hydrogen) atoms. The maximum Gasteiger partial charge on any atom is 0.259 e. The lowest BCUT2D eigenvalue weighted by Crippen LogP contribution is -2.12. The number of aromatic nitrogens is 5. The molecule has 1 aliphatic carbocycles. The summed E-state index contributed by atoms with van der Waals surface area (Å²) in [4.78, 5) is 22.6. The zero-order valence-corrected chi connectivity index (χ0v) is 18.5. The third kappa shape index (κ3) is 3.76. The summed E-state index contributed by atoms with van der Waals surface area (Å²) in [5.74, 6) is 3.54. The molecule has 1 aliphatic rings. The average Bonchev–Trinajstić information content (AvgIpc) is 3.36. The van der Waals surface area contributed by atoms with Crippen LogP contribution >= 0.6 is 23.1 Å². The molecule has 0 aromatic carbocycles. The number of thiophene rings is 1. The van der Waals surface area contributed by atoms with Gasteiger partial charge < -0.3 is 9.55 Å². The van der Waals surface area contributed by atoms with Crippen molar-refractivity contribution < 1.29 is 0 Å². The highest BCUT2D eigenvalue weighted by Gasteiger charge is 2.30.